The fourth-order valence-electron chi connectivity index (χ4n) is 2.17. The van der Waals surface area contributed by atoms with E-state index in [0.29, 0.717) is 11.3 Å². The first-order valence-corrected chi connectivity index (χ1v) is 8.41. The van der Waals surface area contributed by atoms with E-state index in [0.717, 1.165) is 11.1 Å². The Morgan fingerprint density at radius 2 is 1.78 bits per heavy atom. The topological polar surface area (TPSA) is 85.1 Å². The molecule has 0 spiro atoms. The summed E-state index contributed by atoms with van der Waals surface area (Å²) in [6, 6.07) is 10.3. The van der Waals surface area contributed by atoms with E-state index >= 15 is 0 Å². The molecule has 2 heterocycles. The molecule has 0 saturated heterocycles. The van der Waals surface area contributed by atoms with Gasteiger partial charge in [0.05, 0.1) is 4.90 Å². The van der Waals surface area contributed by atoms with Crippen LogP contribution in [0.15, 0.2) is 58.2 Å². The van der Waals surface area contributed by atoms with Gasteiger partial charge >= 0.3 is 0 Å². The van der Waals surface area contributed by atoms with Crippen LogP contribution in [0.25, 0.3) is 11.3 Å². The van der Waals surface area contributed by atoms with Crippen molar-refractivity contribution in [3.05, 3.63) is 59.9 Å². The maximum absolute atomic E-state index is 12.5. The van der Waals surface area contributed by atoms with Crippen LogP contribution >= 0.6 is 0 Å². The lowest BCUT2D eigenvalue weighted by Crippen LogP contribution is -2.14. The van der Waals surface area contributed by atoms with Crippen LogP contribution < -0.4 is 4.72 Å². The zero-order chi connectivity index (χ0) is 16.4. The molecule has 0 radical (unpaired) electrons. The Labute approximate surface area is 134 Å². The molecule has 1 N–H and O–H groups in total. The van der Waals surface area contributed by atoms with Crippen molar-refractivity contribution in [2.24, 2.45) is 0 Å². The summed E-state index contributed by atoms with van der Waals surface area (Å²) in [5.74, 6) is 0.0673. The van der Waals surface area contributed by atoms with Crippen LogP contribution in [0.1, 0.15) is 11.1 Å². The summed E-state index contributed by atoms with van der Waals surface area (Å²) < 4.78 is 32.5. The van der Waals surface area contributed by atoms with Crippen molar-refractivity contribution >= 4 is 15.9 Å². The molecule has 0 saturated carbocycles. The zero-order valence-electron chi connectivity index (χ0n) is 12.6. The third-order valence-corrected chi connectivity index (χ3v) is 4.84. The highest BCUT2D eigenvalue weighted by Crippen LogP contribution is 2.24. The Kier molecular flexibility index (Phi) is 3.87. The van der Waals surface area contributed by atoms with Gasteiger partial charge < -0.3 is 4.52 Å². The molecule has 3 aromatic rings. The highest BCUT2D eigenvalue weighted by molar-refractivity contribution is 7.92. The number of benzene rings is 1. The summed E-state index contributed by atoms with van der Waals surface area (Å²) in [6.07, 6.45) is 3.26. The maximum Gasteiger partial charge on any atom is 0.264 e. The van der Waals surface area contributed by atoms with Gasteiger partial charge in [-0.25, -0.2) is 13.1 Å². The Morgan fingerprint density at radius 3 is 2.52 bits per heavy atom. The summed E-state index contributed by atoms with van der Waals surface area (Å²) >= 11 is 0. The molecular formula is C16H15N3O3S. The Morgan fingerprint density at radius 1 is 1.04 bits per heavy atom. The predicted molar refractivity (Wildman–Crippen MR) is 86.5 cm³/mol. The number of pyridine rings is 1. The second-order valence-electron chi connectivity index (χ2n) is 5.19. The van der Waals surface area contributed by atoms with Crippen LogP contribution in [0, 0.1) is 13.8 Å². The summed E-state index contributed by atoms with van der Waals surface area (Å²) in [6.45, 7) is 3.59. The molecule has 0 amide bonds. The van der Waals surface area contributed by atoms with Gasteiger partial charge in [0.25, 0.3) is 10.0 Å². The van der Waals surface area contributed by atoms with Gasteiger partial charge in [-0.2, -0.15) is 0 Å². The lowest BCUT2D eigenvalue weighted by Gasteiger charge is -2.08. The molecule has 2 aromatic heterocycles. The van der Waals surface area contributed by atoms with Gasteiger partial charge in [0.2, 0.25) is 5.88 Å². The smallest absolute Gasteiger partial charge is 0.264 e. The third kappa shape index (κ3) is 3.24. The van der Waals surface area contributed by atoms with Crippen molar-refractivity contribution in [3.8, 4) is 11.3 Å². The van der Waals surface area contributed by atoms with E-state index in [4.69, 9.17) is 4.52 Å². The number of anilines is 1. The van der Waals surface area contributed by atoms with E-state index in [9.17, 15) is 8.42 Å². The number of sulfonamides is 1. The molecule has 0 fully saturated rings. The van der Waals surface area contributed by atoms with E-state index in [1.165, 1.54) is 6.07 Å². The molecule has 0 unspecified atom stereocenters. The van der Waals surface area contributed by atoms with Crippen molar-refractivity contribution < 1.29 is 12.9 Å². The van der Waals surface area contributed by atoms with Crippen LogP contribution in [0.5, 0.6) is 0 Å². The molecule has 0 aliphatic carbocycles. The molecule has 7 heteroatoms. The van der Waals surface area contributed by atoms with Crippen LogP contribution in [0.2, 0.25) is 0 Å². The monoisotopic (exact) mass is 329 g/mol. The number of aryl methyl sites for hydroxylation is 2. The van der Waals surface area contributed by atoms with Crippen molar-refractivity contribution in [2.45, 2.75) is 18.7 Å². The normalized spacial score (nSPS) is 11.4. The molecule has 0 aliphatic rings. The lowest BCUT2D eigenvalue weighted by atomic mass is 10.2. The first-order valence-electron chi connectivity index (χ1n) is 6.93. The van der Waals surface area contributed by atoms with E-state index in [1.54, 1.807) is 43.6 Å². The second kappa shape index (κ2) is 5.85. The minimum absolute atomic E-state index is 0.0673. The number of hydrogen-bond acceptors (Lipinski definition) is 5. The molecule has 6 nitrogen and oxygen atoms in total. The summed E-state index contributed by atoms with van der Waals surface area (Å²) in [7, 11) is -3.73. The van der Waals surface area contributed by atoms with Crippen molar-refractivity contribution in [1.29, 1.82) is 0 Å². The molecule has 0 aliphatic heterocycles. The summed E-state index contributed by atoms with van der Waals surface area (Å²) in [5, 5.41) is 3.87. The Balaban J connectivity index is 1.90. The predicted octanol–water partition coefficient (Wildman–Crippen LogP) is 3.15. The highest BCUT2D eigenvalue weighted by Gasteiger charge is 2.19. The first-order chi connectivity index (χ1) is 11.0. The highest BCUT2D eigenvalue weighted by atomic mass is 32.2. The molecular weight excluding hydrogens is 314 g/mol. The lowest BCUT2D eigenvalue weighted by molar-refractivity contribution is 0.438. The third-order valence-electron chi connectivity index (χ3n) is 3.35. The quantitative estimate of drug-likeness (QED) is 0.794. The molecule has 23 heavy (non-hydrogen) atoms. The van der Waals surface area contributed by atoms with Gasteiger partial charge in [-0.1, -0.05) is 17.3 Å². The van der Waals surface area contributed by atoms with Crippen LogP contribution in [0.3, 0.4) is 0 Å². The van der Waals surface area contributed by atoms with E-state index in [1.807, 2.05) is 13.0 Å². The summed E-state index contributed by atoms with van der Waals surface area (Å²) in [5.41, 5.74) is 2.86. The fraction of sp³-hybridized carbons (Fsp3) is 0.125. The average molecular weight is 329 g/mol. The van der Waals surface area contributed by atoms with Gasteiger partial charge in [0, 0.05) is 24.0 Å². The van der Waals surface area contributed by atoms with Gasteiger partial charge in [-0.3, -0.25) is 4.98 Å². The van der Waals surface area contributed by atoms with Crippen LogP contribution in [0.4, 0.5) is 5.88 Å². The number of hydrogen-bond donors (Lipinski definition) is 1. The SMILES string of the molecule is Cc1ccc(C)c(S(=O)(=O)Nc2cc(-c3ccncc3)no2)c1. The van der Waals surface area contributed by atoms with E-state index in [2.05, 4.69) is 14.9 Å². The molecule has 3 rings (SSSR count). The van der Waals surface area contributed by atoms with Gasteiger partial charge in [0.1, 0.15) is 5.69 Å². The zero-order valence-corrected chi connectivity index (χ0v) is 13.5. The van der Waals surface area contributed by atoms with Gasteiger partial charge in [-0.05, 0) is 43.2 Å². The van der Waals surface area contributed by atoms with Crippen LogP contribution in [-0.2, 0) is 10.0 Å². The standard InChI is InChI=1S/C16H15N3O3S/c1-11-3-4-12(2)15(9-11)23(20,21)19-16-10-14(18-22-16)13-5-7-17-8-6-13/h3-10,19H,1-2H3. The van der Waals surface area contributed by atoms with E-state index < -0.39 is 10.0 Å². The van der Waals surface area contributed by atoms with E-state index in [-0.39, 0.29) is 10.8 Å². The molecule has 0 atom stereocenters. The van der Waals surface area contributed by atoms with Crippen molar-refractivity contribution in [3.63, 3.8) is 0 Å². The average Bonchev–Trinajstić information content (AvgIpc) is 2.98. The Bertz CT molecular complexity index is 934. The number of aromatic nitrogens is 2. The van der Waals surface area contributed by atoms with Crippen molar-refractivity contribution in [1.82, 2.24) is 10.1 Å². The van der Waals surface area contributed by atoms with Crippen LogP contribution in [-0.4, -0.2) is 18.6 Å². The number of nitrogens with one attached hydrogen (secondary N) is 1. The molecule has 118 valence electrons. The minimum Gasteiger partial charge on any atom is -0.337 e. The largest absolute Gasteiger partial charge is 0.337 e. The number of rotatable bonds is 4. The Hall–Kier alpha value is -2.67. The minimum atomic E-state index is -3.73. The maximum atomic E-state index is 12.5. The molecule has 0 bridgehead atoms. The van der Waals surface area contributed by atoms with Crippen molar-refractivity contribution in [2.75, 3.05) is 4.72 Å². The fourth-order valence-corrected chi connectivity index (χ4v) is 3.47. The summed E-state index contributed by atoms with van der Waals surface area (Å²) in [4.78, 5) is 4.15. The van der Waals surface area contributed by atoms with Gasteiger partial charge in [-0.15, -0.1) is 0 Å². The number of nitrogens with zero attached hydrogens (tertiary/aromatic N) is 2. The second-order valence-corrected chi connectivity index (χ2v) is 6.84. The molecule has 1 aromatic carbocycles. The van der Waals surface area contributed by atoms with Gasteiger partial charge in [0.15, 0.2) is 0 Å². The first kappa shape index (κ1) is 15.2.